The molecule has 0 saturated carbocycles. The summed E-state index contributed by atoms with van der Waals surface area (Å²) in [4.78, 5) is 0.242. The van der Waals surface area contributed by atoms with E-state index in [0.29, 0.717) is 23.6 Å². The molecule has 3 aromatic heterocycles. The molecular weight excluding hydrogens is 316 g/mol. The van der Waals surface area contributed by atoms with Crippen LogP contribution in [-0.4, -0.2) is 39.3 Å². The zero-order valence-corrected chi connectivity index (χ0v) is 14.0. The van der Waals surface area contributed by atoms with E-state index < -0.39 is 10.0 Å². The quantitative estimate of drug-likeness (QED) is 0.737. The zero-order valence-electron chi connectivity index (χ0n) is 13.2. The van der Waals surface area contributed by atoms with Crippen LogP contribution >= 0.6 is 0 Å². The van der Waals surface area contributed by atoms with Crippen molar-refractivity contribution >= 4 is 15.7 Å². The topological polar surface area (TPSA) is 94.2 Å². The lowest BCUT2D eigenvalue weighted by atomic mass is 10.4. The Balaban J connectivity index is 1.75. The van der Waals surface area contributed by atoms with Crippen molar-refractivity contribution in [3.8, 4) is 0 Å². The van der Waals surface area contributed by atoms with E-state index in [1.807, 2.05) is 28.8 Å². The van der Waals surface area contributed by atoms with Gasteiger partial charge in [0.2, 0.25) is 10.0 Å². The summed E-state index contributed by atoms with van der Waals surface area (Å²) in [6.07, 6.45) is 2.30. The monoisotopic (exact) mass is 334 g/mol. The number of aromatic nitrogens is 5. The maximum absolute atomic E-state index is 12.5. The first-order valence-electron chi connectivity index (χ1n) is 7.18. The van der Waals surface area contributed by atoms with Gasteiger partial charge in [-0.3, -0.25) is 9.08 Å². The first kappa shape index (κ1) is 15.6. The predicted octanol–water partition coefficient (Wildman–Crippen LogP) is 0.601. The van der Waals surface area contributed by atoms with Crippen molar-refractivity contribution < 1.29 is 8.42 Å². The van der Waals surface area contributed by atoms with Crippen LogP contribution in [0.15, 0.2) is 29.3 Å². The molecule has 0 aliphatic carbocycles. The van der Waals surface area contributed by atoms with Gasteiger partial charge in [0.15, 0.2) is 5.65 Å². The summed E-state index contributed by atoms with van der Waals surface area (Å²) in [5.41, 5.74) is 1.85. The molecule has 3 rings (SSSR count). The largest absolute Gasteiger partial charge is 0.286 e. The van der Waals surface area contributed by atoms with Gasteiger partial charge < -0.3 is 0 Å². The van der Waals surface area contributed by atoms with Crippen LogP contribution in [0, 0.1) is 13.8 Å². The molecule has 8 nitrogen and oxygen atoms in total. The van der Waals surface area contributed by atoms with Gasteiger partial charge in [-0.1, -0.05) is 6.07 Å². The SMILES string of the molecule is Cc1nn(C)c(C)c1S(=O)(=O)NCCc1nnc2ccccn12. The molecule has 0 unspecified atom stereocenters. The Kier molecular flexibility index (Phi) is 3.90. The normalized spacial score (nSPS) is 12.1. The molecule has 1 N–H and O–H groups in total. The zero-order chi connectivity index (χ0) is 16.6. The third-order valence-electron chi connectivity index (χ3n) is 3.74. The van der Waals surface area contributed by atoms with Gasteiger partial charge in [0, 0.05) is 26.2 Å². The molecule has 0 radical (unpaired) electrons. The minimum Gasteiger partial charge on any atom is -0.286 e. The minimum atomic E-state index is -3.60. The average Bonchev–Trinajstić information content (AvgIpc) is 3.01. The Labute approximate surface area is 134 Å². The first-order valence-corrected chi connectivity index (χ1v) is 8.67. The molecule has 0 aliphatic heterocycles. The van der Waals surface area contributed by atoms with E-state index in [4.69, 9.17) is 0 Å². The number of hydrogen-bond acceptors (Lipinski definition) is 5. The number of rotatable bonds is 5. The number of aryl methyl sites for hydroxylation is 2. The summed E-state index contributed by atoms with van der Waals surface area (Å²) in [6.45, 7) is 3.67. The summed E-state index contributed by atoms with van der Waals surface area (Å²) in [5.74, 6) is 0.711. The Morgan fingerprint density at radius 3 is 2.70 bits per heavy atom. The first-order chi connectivity index (χ1) is 10.9. The third-order valence-corrected chi connectivity index (χ3v) is 5.45. The van der Waals surface area contributed by atoms with Gasteiger partial charge in [0.05, 0.1) is 11.4 Å². The van der Waals surface area contributed by atoms with E-state index >= 15 is 0 Å². The number of fused-ring (bicyclic) bond motifs is 1. The van der Waals surface area contributed by atoms with E-state index in [2.05, 4.69) is 20.0 Å². The summed E-state index contributed by atoms with van der Waals surface area (Å²) in [6, 6.07) is 5.61. The second kappa shape index (κ2) is 5.74. The number of sulfonamides is 1. The van der Waals surface area contributed by atoms with Gasteiger partial charge in [0.1, 0.15) is 10.7 Å². The molecule has 0 aliphatic rings. The van der Waals surface area contributed by atoms with Crippen LogP contribution in [0.2, 0.25) is 0 Å². The van der Waals surface area contributed by atoms with Crippen molar-refractivity contribution in [3.05, 3.63) is 41.6 Å². The Morgan fingerprint density at radius 2 is 2.00 bits per heavy atom. The maximum Gasteiger partial charge on any atom is 0.244 e. The van der Waals surface area contributed by atoms with Gasteiger partial charge in [-0.25, -0.2) is 13.1 Å². The lowest BCUT2D eigenvalue weighted by Gasteiger charge is -2.06. The van der Waals surface area contributed by atoms with Gasteiger partial charge in [-0.15, -0.1) is 10.2 Å². The molecule has 122 valence electrons. The van der Waals surface area contributed by atoms with Crippen molar-refractivity contribution in [2.24, 2.45) is 7.05 Å². The fourth-order valence-corrected chi connectivity index (χ4v) is 4.04. The highest BCUT2D eigenvalue weighted by atomic mass is 32.2. The number of pyridine rings is 1. The second-order valence-corrected chi connectivity index (χ2v) is 7.02. The summed E-state index contributed by atoms with van der Waals surface area (Å²) < 4.78 is 31.0. The van der Waals surface area contributed by atoms with Crippen LogP contribution in [0.5, 0.6) is 0 Å². The van der Waals surface area contributed by atoms with Crippen LogP contribution in [-0.2, 0) is 23.5 Å². The molecule has 0 saturated heterocycles. The fourth-order valence-electron chi connectivity index (χ4n) is 2.57. The van der Waals surface area contributed by atoms with Crippen molar-refractivity contribution in [2.75, 3.05) is 6.54 Å². The standard InChI is InChI=1S/C14H18N6O2S/c1-10-14(11(2)19(3)18-10)23(21,22)15-8-7-13-17-16-12-6-4-5-9-20(12)13/h4-6,9,15H,7-8H2,1-3H3. The van der Waals surface area contributed by atoms with E-state index in [1.165, 1.54) is 0 Å². The van der Waals surface area contributed by atoms with Crippen LogP contribution in [0.25, 0.3) is 5.65 Å². The Bertz CT molecular complexity index is 957. The summed E-state index contributed by atoms with van der Waals surface area (Å²) >= 11 is 0. The lowest BCUT2D eigenvalue weighted by Crippen LogP contribution is -2.27. The molecule has 3 heterocycles. The highest BCUT2D eigenvalue weighted by molar-refractivity contribution is 7.89. The highest BCUT2D eigenvalue weighted by Crippen LogP contribution is 2.18. The van der Waals surface area contributed by atoms with Gasteiger partial charge >= 0.3 is 0 Å². The van der Waals surface area contributed by atoms with Crippen molar-refractivity contribution in [3.63, 3.8) is 0 Å². The third kappa shape index (κ3) is 2.84. The maximum atomic E-state index is 12.5. The molecule has 3 aromatic rings. The van der Waals surface area contributed by atoms with Crippen molar-refractivity contribution in [2.45, 2.75) is 25.2 Å². The second-order valence-electron chi connectivity index (χ2n) is 5.32. The molecule has 0 amide bonds. The summed E-state index contributed by atoms with van der Waals surface area (Å²) in [7, 11) is -1.87. The van der Waals surface area contributed by atoms with E-state index in [-0.39, 0.29) is 11.4 Å². The van der Waals surface area contributed by atoms with Crippen LogP contribution < -0.4 is 4.72 Å². The van der Waals surface area contributed by atoms with E-state index in [0.717, 1.165) is 5.65 Å². The molecule has 23 heavy (non-hydrogen) atoms. The van der Waals surface area contributed by atoms with Crippen LogP contribution in [0.3, 0.4) is 0 Å². The molecule has 9 heteroatoms. The molecule has 0 spiro atoms. The molecular formula is C14H18N6O2S. The fraction of sp³-hybridized carbons (Fsp3) is 0.357. The molecule has 0 aromatic carbocycles. The van der Waals surface area contributed by atoms with Crippen molar-refractivity contribution in [1.82, 2.24) is 29.1 Å². The number of nitrogens with one attached hydrogen (secondary N) is 1. The smallest absolute Gasteiger partial charge is 0.244 e. The van der Waals surface area contributed by atoms with E-state index in [9.17, 15) is 8.42 Å². The Hall–Kier alpha value is -2.26. The molecule has 0 atom stereocenters. The van der Waals surface area contributed by atoms with Gasteiger partial charge in [-0.05, 0) is 26.0 Å². The Morgan fingerprint density at radius 1 is 1.22 bits per heavy atom. The van der Waals surface area contributed by atoms with Gasteiger partial charge in [-0.2, -0.15) is 5.10 Å². The predicted molar refractivity (Wildman–Crippen MR) is 84.6 cm³/mol. The molecule has 0 bridgehead atoms. The van der Waals surface area contributed by atoms with Gasteiger partial charge in [0.25, 0.3) is 0 Å². The van der Waals surface area contributed by atoms with E-state index in [1.54, 1.807) is 25.6 Å². The van der Waals surface area contributed by atoms with Crippen LogP contribution in [0.1, 0.15) is 17.2 Å². The minimum absolute atomic E-state index is 0.242. The van der Waals surface area contributed by atoms with Crippen LogP contribution in [0.4, 0.5) is 0 Å². The number of nitrogens with zero attached hydrogens (tertiary/aromatic N) is 5. The summed E-state index contributed by atoms with van der Waals surface area (Å²) in [5, 5.41) is 12.3. The average molecular weight is 334 g/mol. The highest BCUT2D eigenvalue weighted by Gasteiger charge is 2.23. The molecule has 0 fully saturated rings. The number of hydrogen-bond donors (Lipinski definition) is 1. The van der Waals surface area contributed by atoms with Crippen molar-refractivity contribution in [1.29, 1.82) is 0 Å². The lowest BCUT2D eigenvalue weighted by molar-refractivity contribution is 0.579.